The molecule has 1 atom stereocenters. The minimum atomic E-state index is -3.58. The molecule has 3 fully saturated rings. The van der Waals surface area contributed by atoms with Gasteiger partial charge in [0.25, 0.3) is 0 Å². The highest BCUT2D eigenvalue weighted by atomic mass is 32.2. The lowest BCUT2D eigenvalue weighted by Gasteiger charge is -2.42. The van der Waals surface area contributed by atoms with Crippen LogP contribution in [-0.2, 0) is 21.4 Å². The minimum absolute atomic E-state index is 0.178. The Balaban J connectivity index is 1.50. The standard InChI is InChI=1S/C18H28N4O3S/c1-2-21-13-16(11-19-21)26(24,25)22-10-8-18(14-22)7-4-9-20(17(18)23)12-15-5-3-6-15/h11,13,15H,2-10,12,14H2,1H3. The van der Waals surface area contributed by atoms with E-state index in [1.165, 1.54) is 29.8 Å². The molecule has 0 aromatic carbocycles. The number of sulfonamides is 1. The highest BCUT2D eigenvalue weighted by molar-refractivity contribution is 7.89. The van der Waals surface area contributed by atoms with Gasteiger partial charge in [-0.3, -0.25) is 9.48 Å². The quantitative estimate of drug-likeness (QED) is 0.779. The number of rotatable bonds is 5. The van der Waals surface area contributed by atoms with Crippen LogP contribution >= 0.6 is 0 Å². The number of hydrogen-bond acceptors (Lipinski definition) is 4. The van der Waals surface area contributed by atoms with Crippen molar-refractivity contribution in [3.05, 3.63) is 12.4 Å². The summed E-state index contributed by atoms with van der Waals surface area (Å²) in [5, 5.41) is 4.09. The average molecular weight is 381 g/mol. The molecule has 1 unspecified atom stereocenters. The van der Waals surface area contributed by atoms with E-state index in [9.17, 15) is 13.2 Å². The second-order valence-electron chi connectivity index (χ2n) is 8.05. The Bertz CT molecular complexity index is 786. The largest absolute Gasteiger partial charge is 0.342 e. The smallest absolute Gasteiger partial charge is 0.246 e. The second-order valence-corrected chi connectivity index (χ2v) is 9.99. The lowest BCUT2D eigenvalue weighted by atomic mass is 9.77. The molecule has 26 heavy (non-hydrogen) atoms. The highest BCUT2D eigenvalue weighted by Crippen LogP contribution is 2.42. The number of nitrogens with zero attached hydrogens (tertiary/aromatic N) is 4. The molecule has 3 aliphatic rings. The number of hydrogen-bond donors (Lipinski definition) is 0. The molecule has 1 aromatic rings. The summed E-state index contributed by atoms with van der Waals surface area (Å²) in [5.41, 5.74) is -0.518. The van der Waals surface area contributed by atoms with Crippen LogP contribution in [0, 0.1) is 11.3 Å². The predicted molar refractivity (Wildman–Crippen MR) is 96.9 cm³/mol. The van der Waals surface area contributed by atoms with Crippen LogP contribution in [0.2, 0.25) is 0 Å². The molecular weight excluding hydrogens is 352 g/mol. The van der Waals surface area contributed by atoms with Crippen molar-refractivity contribution in [1.82, 2.24) is 19.0 Å². The van der Waals surface area contributed by atoms with Gasteiger partial charge in [-0.15, -0.1) is 0 Å². The summed E-state index contributed by atoms with van der Waals surface area (Å²) in [6, 6.07) is 0. The van der Waals surface area contributed by atoms with Gasteiger partial charge < -0.3 is 4.90 Å². The molecule has 1 spiro atoms. The third-order valence-corrected chi connectivity index (χ3v) is 8.22. The van der Waals surface area contributed by atoms with Gasteiger partial charge in [0.2, 0.25) is 15.9 Å². The van der Waals surface area contributed by atoms with E-state index >= 15 is 0 Å². The van der Waals surface area contributed by atoms with E-state index in [0.717, 1.165) is 25.9 Å². The summed E-state index contributed by atoms with van der Waals surface area (Å²) in [6.07, 6.45) is 9.11. The maximum atomic E-state index is 13.2. The van der Waals surface area contributed by atoms with Gasteiger partial charge in [-0.1, -0.05) is 6.42 Å². The van der Waals surface area contributed by atoms with Crippen molar-refractivity contribution in [1.29, 1.82) is 0 Å². The lowest BCUT2D eigenvalue weighted by Crippen LogP contribution is -2.52. The summed E-state index contributed by atoms with van der Waals surface area (Å²) in [4.78, 5) is 15.4. The molecule has 1 aromatic heterocycles. The van der Waals surface area contributed by atoms with Crippen molar-refractivity contribution < 1.29 is 13.2 Å². The molecule has 0 bridgehead atoms. The summed E-state index contributed by atoms with van der Waals surface area (Å²) < 4.78 is 29.0. The molecule has 8 heteroatoms. The normalized spacial score (nSPS) is 28.0. The molecule has 1 saturated carbocycles. The second kappa shape index (κ2) is 6.64. The van der Waals surface area contributed by atoms with Crippen molar-refractivity contribution in [2.24, 2.45) is 11.3 Å². The fourth-order valence-corrected chi connectivity index (χ4v) is 6.01. The van der Waals surface area contributed by atoms with E-state index in [4.69, 9.17) is 0 Å². The van der Waals surface area contributed by atoms with E-state index in [1.807, 2.05) is 11.8 Å². The Morgan fingerprint density at radius 3 is 2.69 bits per heavy atom. The summed E-state index contributed by atoms with van der Waals surface area (Å²) in [6.45, 7) is 4.97. The van der Waals surface area contributed by atoms with Crippen LogP contribution in [0.3, 0.4) is 0 Å². The van der Waals surface area contributed by atoms with Gasteiger partial charge in [0, 0.05) is 38.9 Å². The summed E-state index contributed by atoms with van der Waals surface area (Å²) in [5.74, 6) is 0.827. The van der Waals surface area contributed by atoms with Crippen molar-refractivity contribution in [2.75, 3.05) is 26.2 Å². The van der Waals surface area contributed by atoms with E-state index in [-0.39, 0.29) is 10.8 Å². The van der Waals surface area contributed by atoms with Crippen molar-refractivity contribution in [3.8, 4) is 0 Å². The Labute approximate surface area is 155 Å². The first-order valence-electron chi connectivity index (χ1n) is 9.77. The molecule has 3 heterocycles. The first kappa shape index (κ1) is 18.0. The third kappa shape index (κ3) is 2.97. The molecule has 0 N–H and O–H groups in total. The zero-order chi connectivity index (χ0) is 18.4. The maximum Gasteiger partial charge on any atom is 0.246 e. The maximum absolute atomic E-state index is 13.2. The molecular formula is C18H28N4O3S. The number of aryl methyl sites for hydroxylation is 1. The van der Waals surface area contributed by atoms with Gasteiger partial charge in [-0.2, -0.15) is 9.40 Å². The molecule has 2 aliphatic heterocycles. The average Bonchev–Trinajstić information content (AvgIpc) is 3.23. The van der Waals surface area contributed by atoms with E-state index in [1.54, 1.807) is 10.9 Å². The van der Waals surface area contributed by atoms with Gasteiger partial charge in [0.15, 0.2) is 0 Å². The van der Waals surface area contributed by atoms with Gasteiger partial charge in [0.1, 0.15) is 4.90 Å². The summed E-state index contributed by atoms with van der Waals surface area (Å²) >= 11 is 0. The molecule has 4 rings (SSSR count). The number of carbonyl (C=O) groups excluding carboxylic acids is 1. The monoisotopic (exact) mass is 380 g/mol. The Morgan fingerprint density at radius 1 is 1.23 bits per heavy atom. The molecule has 1 aliphatic carbocycles. The predicted octanol–water partition coefficient (Wildman–Crippen LogP) is 1.71. The molecule has 0 radical (unpaired) electrons. The van der Waals surface area contributed by atoms with Crippen LogP contribution in [0.5, 0.6) is 0 Å². The number of likely N-dealkylation sites (tertiary alicyclic amines) is 1. The number of amides is 1. The first-order valence-corrected chi connectivity index (χ1v) is 11.2. The Hall–Kier alpha value is -1.41. The SMILES string of the molecule is CCn1cc(S(=O)(=O)N2CCC3(CCCN(CC4CCC4)C3=O)C2)cn1. The lowest BCUT2D eigenvalue weighted by molar-refractivity contribution is -0.146. The van der Waals surface area contributed by atoms with Crippen LogP contribution in [0.4, 0.5) is 0 Å². The van der Waals surface area contributed by atoms with Crippen LogP contribution in [0.25, 0.3) is 0 Å². The van der Waals surface area contributed by atoms with Crippen LogP contribution in [0.15, 0.2) is 17.3 Å². The van der Waals surface area contributed by atoms with Crippen molar-refractivity contribution in [2.45, 2.75) is 56.9 Å². The zero-order valence-electron chi connectivity index (χ0n) is 15.4. The molecule has 144 valence electrons. The molecule has 7 nitrogen and oxygen atoms in total. The van der Waals surface area contributed by atoms with Crippen LogP contribution < -0.4 is 0 Å². The minimum Gasteiger partial charge on any atom is -0.342 e. The third-order valence-electron chi connectivity index (χ3n) is 6.42. The zero-order valence-corrected chi connectivity index (χ0v) is 16.2. The fraction of sp³-hybridized carbons (Fsp3) is 0.778. The van der Waals surface area contributed by atoms with Crippen LogP contribution in [-0.4, -0.2) is 59.5 Å². The van der Waals surface area contributed by atoms with E-state index < -0.39 is 15.4 Å². The molecule has 2 saturated heterocycles. The number of piperidine rings is 1. The van der Waals surface area contributed by atoms with Crippen molar-refractivity contribution >= 4 is 15.9 Å². The van der Waals surface area contributed by atoms with Gasteiger partial charge >= 0.3 is 0 Å². The topological polar surface area (TPSA) is 75.5 Å². The van der Waals surface area contributed by atoms with Gasteiger partial charge in [-0.25, -0.2) is 8.42 Å². The number of aromatic nitrogens is 2. The molecule has 1 amide bonds. The Morgan fingerprint density at radius 2 is 2.04 bits per heavy atom. The van der Waals surface area contributed by atoms with E-state index in [2.05, 4.69) is 5.10 Å². The van der Waals surface area contributed by atoms with Gasteiger partial charge in [-0.05, 0) is 44.9 Å². The Kier molecular flexibility index (Phi) is 4.59. The van der Waals surface area contributed by atoms with E-state index in [0.29, 0.717) is 32.0 Å². The van der Waals surface area contributed by atoms with Crippen molar-refractivity contribution in [3.63, 3.8) is 0 Å². The van der Waals surface area contributed by atoms with Gasteiger partial charge in [0.05, 0.1) is 11.6 Å². The number of carbonyl (C=O) groups is 1. The highest BCUT2D eigenvalue weighted by Gasteiger charge is 2.51. The van der Waals surface area contributed by atoms with Crippen LogP contribution in [0.1, 0.15) is 45.4 Å². The fourth-order valence-electron chi connectivity index (χ4n) is 4.53. The summed E-state index contributed by atoms with van der Waals surface area (Å²) in [7, 11) is -3.58. The first-order chi connectivity index (χ1) is 12.4.